The molecule has 20 heavy (non-hydrogen) atoms. The van der Waals surface area contributed by atoms with E-state index in [-0.39, 0.29) is 0 Å². The molecule has 120 valence electrons. The molecule has 0 aromatic carbocycles. The van der Waals surface area contributed by atoms with Gasteiger partial charge in [-0.1, -0.05) is 52.4 Å². The highest BCUT2D eigenvalue weighted by molar-refractivity contribution is 4.70. The van der Waals surface area contributed by atoms with Crippen molar-refractivity contribution < 1.29 is 4.74 Å². The highest BCUT2D eigenvalue weighted by Gasteiger charge is 2.14. The molecule has 2 nitrogen and oxygen atoms in total. The molecule has 0 amide bonds. The topological polar surface area (TPSA) is 21.3 Å². The molecule has 0 aromatic rings. The van der Waals surface area contributed by atoms with Gasteiger partial charge >= 0.3 is 0 Å². The number of hydrogen-bond acceptors (Lipinski definition) is 2. The van der Waals surface area contributed by atoms with Crippen LogP contribution in [-0.4, -0.2) is 25.3 Å². The van der Waals surface area contributed by atoms with Crippen LogP contribution in [0, 0.1) is 0 Å². The summed E-state index contributed by atoms with van der Waals surface area (Å²) < 4.78 is 5.82. The smallest absolute Gasteiger partial charge is 0.0587 e. The van der Waals surface area contributed by atoms with Gasteiger partial charge in [-0.25, -0.2) is 0 Å². The van der Waals surface area contributed by atoms with Gasteiger partial charge in [0.1, 0.15) is 0 Å². The van der Waals surface area contributed by atoms with E-state index in [0.29, 0.717) is 6.10 Å². The molecule has 1 unspecified atom stereocenters. The molecule has 1 heterocycles. The first-order valence-corrected chi connectivity index (χ1v) is 9.21. The summed E-state index contributed by atoms with van der Waals surface area (Å²) >= 11 is 0. The summed E-state index contributed by atoms with van der Waals surface area (Å²) in [7, 11) is 0. The first-order valence-electron chi connectivity index (χ1n) is 9.21. The van der Waals surface area contributed by atoms with E-state index in [1.165, 1.54) is 77.0 Å². The molecular formula is C18H37NO. The third kappa shape index (κ3) is 8.97. The number of hydrogen-bond donors (Lipinski definition) is 1. The van der Waals surface area contributed by atoms with Crippen molar-refractivity contribution in [2.75, 3.05) is 13.2 Å². The predicted octanol–water partition coefficient (Wildman–Crippen LogP) is 5.06. The van der Waals surface area contributed by atoms with Crippen LogP contribution in [0.1, 0.15) is 90.9 Å². The van der Waals surface area contributed by atoms with Crippen molar-refractivity contribution in [2.45, 2.75) is 103 Å². The molecule has 1 N–H and O–H groups in total. The molecule has 0 radical (unpaired) electrons. The lowest BCUT2D eigenvalue weighted by Crippen LogP contribution is -2.33. The first-order chi connectivity index (χ1) is 9.86. The van der Waals surface area contributed by atoms with Crippen molar-refractivity contribution >= 4 is 0 Å². The van der Waals surface area contributed by atoms with Gasteiger partial charge < -0.3 is 10.1 Å². The van der Waals surface area contributed by atoms with Gasteiger partial charge in [0.15, 0.2) is 0 Å². The van der Waals surface area contributed by atoms with E-state index < -0.39 is 0 Å². The van der Waals surface area contributed by atoms with Gasteiger partial charge in [0.05, 0.1) is 6.10 Å². The second-order valence-electron chi connectivity index (χ2n) is 6.42. The monoisotopic (exact) mass is 283 g/mol. The van der Waals surface area contributed by atoms with Crippen LogP contribution >= 0.6 is 0 Å². The predicted molar refractivity (Wildman–Crippen MR) is 88.3 cm³/mol. The normalized spacial score (nSPS) is 19.6. The summed E-state index contributed by atoms with van der Waals surface area (Å²) in [6.07, 6.45) is 16.6. The largest absolute Gasteiger partial charge is 0.378 e. The lowest BCUT2D eigenvalue weighted by Gasteiger charge is -2.24. The zero-order valence-electron chi connectivity index (χ0n) is 14.0. The molecule has 2 heteroatoms. The fraction of sp³-hybridized carbons (Fsp3) is 1.00. The van der Waals surface area contributed by atoms with Gasteiger partial charge in [0, 0.05) is 12.6 Å². The summed E-state index contributed by atoms with van der Waals surface area (Å²) in [4.78, 5) is 0. The van der Waals surface area contributed by atoms with E-state index in [2.05, 4.69) is 19.2 Å². The minimum Gasteiger partial charge on any atom is -0.378 e. The van der Waals surface area contributed by atoms with Crippen LogP contribution < -0.4 is 5.32 Å². The zero-order valence-corrected chi connectivity index (χ0v) is 14.0. The lowest BCUT2D eigenvalue weighted by atomic mass is 10.0. The van der Waals surface area contributed by atoms with Crippen LogP contribution in [0.2, 0.25) is 0 Å². The van der Waals surface area contributed by atoms with E-state index in [1.54, 1.807) is 0 Å². The molecule has 0 bridgehead atoms. The van der Waals surface area contributed by atoms with E-state index in [4.69, 9.17) is 4.74 Å². The Morgan fingerprint density at radius 3 is 2.25 bits per heavy atom. The van der Waals surface area contributed by atoms with Crippen molar-refractivity contribution in [3.8, 4) is 0 Å². The number of ether oxygens (including phenoxy) is 1. The van der Waals surface area contributed by atoms with Crippen molar-refractivity contribution in [3.05, 3.63) is 0 Å². The Kier molecular flexibility index (Phi) is 11.4. The van der Waals surface area contributed by atoms with E-state index >= 15 is 0 Å². The SMILES string of the molecule is CCCCCC(CCCCC)NCCC1CCCCO1. The molecule has 0 spiro atoms. The van der Waals surface area contributed by atoms with Gasteiger partial charge in [0.25, 0.3) is 0 Å². The van der Waals surface area contributed by atoms with E-state index in [1.807, 2.05) is 0 Å². The van der Waals surface area contributed by atoms with Gasteiger partial charge in [0.2, 0.25) is 0 Å². The molecule has 1 atom stereocenters. The summed E-state index contributed by atoms with van der Waals surface area (Å²) in [5.41, 5.74) is 0. The molecule has 0 aromatic heterocycles. The van der Waals surface area contributed by atoms with Crippen molar-refractivity contribution in [2.24, 2.45) is 0 Å². The number of nitrogens with one attached hydrogen (secondary N) is 1. The Bertz CT molecular complexity index is 192. The van der Waals surface area contributed by atoms with Crippen LogP contribution in [-0.2, 0) is 4.74 Å². The molecule has 1 aliphatic heterocycles. The van der Waals surface area contributed by atoms with Gasteiger partial charge in [-0.3, -0.25) is 0 Å². The minimum atomic E-state index is 0.531. The summed E-state index contributed by atoms with van der Waals surface area (Å²) in [6.45, 7) is 6.72. The van der Waals surface area contributed by atoms with Gasteiger partial charge in [-0.15, -0.1) is 0 Å². The van der Waals surface area contributed by atoms with Crippen molar-refractivity contribution in [1.29, 1.82) is 0 Å². The standard InChI is InChI=1S/C18H37NO/c1-3-5-7-11-17(12-8-6-4-2)19-15-14-18-13-9-10-16-20-18/h17-19H,3-16H2,1-2H3. The minimum absolute atomic E-state index is 0.531. The molecule has 0 aliphatic carbocycles. The van der Waals surface area contributed by atoms with Crippen molar-refractivity contribution in [3.63, 3.8) is 0 Å². The number of unbranched alkanes of at least 4 members (excludes halogenated alkanes) is 4. The molecule has 1 aliphatic rings. The molecule has 0 saturated carbocycles. The highest BCUT2D eigenvalue weighted by atomic mass is 16.5. The Balaban J connectivity index is 2.12. The van der Waals surface area contributed by atoms with E-state index in [0.717, 1.165) is 19.2 Å². The second kappa shape index (κ2) is 12.6. The summed E-state index contributed by atoms with van der Waals surface area (Å²) in [6, 6.07) is 0.747. The first kappa shape index (κ1) is 18.0. The third-order valence-corrected chi connectivity index (χ3v) is 4.49. The van der Waals surface area contributed by atoms with Crippen LogP contribution in [0.25, 0.3) is 0 Å². The quantitative estimate of drug-likeness (QED) is 0.505. The van der Waals surface area contributed by atoms with Crippen molar-refractivity contribution in [1.82, 2.24) is 5.32 Å². The Labute approximate surface area is 127 Å². The Morgan fingerprint density at radius 1 is 1.00 bits per heavy atom. The third-order valence-electron chi connectivity index (χ3n) is 4.49. The average molecular weight is 284 g/mol. The van der Waals surface area contributed by atoms with Crippen LogP contribution in [0.4, 0.5) is 0 Å². The van der Waals surface area contributed by atoms with Crippen LogP contribution in [0.3, 0.4) is 0 Å². The van der Waals surface area contributed by atoms with Crippen LogP contribution in [0.15, 0.2) is 0 Å². The molecule has 1 rings (SSSR count). The number of rotatable bonds is 12. The Hall–Kier alpha value is -0.0800. The highest BCUT2D eigenvalue weighted by Crippen LogP contribution is 2.16. The van der Waals surface area contributed by atoms with E-state index in [9.17, 15) is 0 Å². The molecule has 1 saturated heterocycles. The maximum absolute atomic E-state index is 5.82. The fourth-order valence-electron chi connectivity index (χ4n) is 3.11. The summed E-state index contributed by atoms with van der Waals surface area (Å²) in [5.74, 6) is 0. The van der Waals surface area contributed by atoms with Crippen LogP contribution in [0.5, 0.6) is 0 Å². The van der Waals surface area contributed by atoms with Gasteiger partial charge in [-0.2, -0.15) is 0 Å². The lowest BCUT2D eigenvalue weighted by molar-refractivity contribution is 0.0111. The second-order valence-corrected chi connectivity index (χ2v) is 6.42. The summed E-state index contributed by atoms with van der Waals surface area (Å²) in [5, 5.41) is 3.80. The maximum Gasteiger partial charge on any atom is 0.0587 e. The van der Waals surface area contributed by atoms with Gasteiger partial charge in [-0.05, 0) is 45.1 Å². The fourth-order valence-corrected chi connectivity index (χ4v) is 3.11. The maximum atomic E-state index is 5.82. The average Bonchev–Trinajstić information content (AvgIpc) is 2.48. The zero-order chi connectivity index (χ0) is 14.5. The molecular weight excluding hydrogens is 246 g/mol. The molecule has 1 fully saturated rings. The Morgan fingerprint density at radius 2 is 1.70 bits per heavy atom.